The molecule has 0 aromatic carbocycles. The van der Waals surface area contributed by atoms with Crippen LogP contribution in [0, 0.1) is 0 Å². The van der Waals surface area contributed by atoms with Gasteiger partial charge in [0.2, 0.25) is 10.0 Å². The minimum Gasteiger partial charge on any atom is -0.465 e. The van der Waals surface area contributed by atoms with Crippen LogP contribution in [0.2, 0.25) is 0 Å². The Bertz CT molecular complexity index is 695. The van der Waals surface area contributed by atoms with Crippen molar-refractivity contribution >= 4 is 27.3 Å². The summed E-state index contributed by atoms with van der Waals surface area (Å²) in [6.07, 6.45) is 3.17. The summed E-state index contributed by atoms with van der Waals surface area (Å²) in [5, 5.41) is 1.53. The molecule has 8 heteroatoms. The summed E-state index contributed by atoms with van der Waals surface area (Å²) in [7, 11) is -2.56. The molecule has 0 bridgehead atoms. The summed E-state index contributed by atoms with van der Waals surface area (Å²) in [4.78, 5) is 15.4. The predicted octanol–water partition coefficient (Wildman–Crippen LogP) is 1.41. The van der Waals surface area contributed by atoms with Crippen LogP contribution < -0.4 is 4.72 Å². The molecule has 106 valence electrons. The maximum absolute atomic E-state index is 12.2. The lowest BCUT2D eigenvalue weighted by Gasteiger charge is -2.06. The first-order chi connectivity index (χ1) is 9.54. The van der Waals surface area contributed by atoms with E-state index < -0.39 is 16.0 Å². The molecule has 2 rings (SSSR count). The minimum absolute atomic E-state index is 0.0613. The largest absolute Gasteiger partial charge is 0.465 e. The van der Waals surface area contributed by atoms with Gasteiger partial charge in [0.1, 0.15) is 9.77 Å². The topological polar surface area (TPSA) is 85.4 Å². The number of methoxy groups -OCH3 is 1. The normalized spacial score (nSPS) is 11.2. The standard InChI is InChI=1S/C12H12N2O4S2/c1-18-12(15)11-10(4-6-19-11)20(16,17)14-8-9-3-2-5-13-7-9/h2-7,14H,8H2,1H3. The van der Waals surface area contributed by atoms with Crippen molar-refractivity contribution < 1.29 is 17.9 Å². The Morgan fingerprint density at radius 3 is 2.90 bits per heavy atom. The van der Waals surface area contributed by atoms with E-state index in [0.717, 1.165) is 16.9 Å². The number of nitrogens with one attached hydrogen (secondary N) is 1. The molecule has 2 aromatic rings. The van der Waals surface area contributed by atoms with Gasteiger partial charge in [0, 0.05) is 18.9 Å². The van der Waals surface area contributed by atoms with E-state index in [4.69, 9.17) is 0 Å². The highest BCUT2D eigenvalue weighted by Crippen LogP contribution is 2.22. The number of sulfonamides is 1. The Hall–Kier alpha value is -1.77. The highest BCUT2D eigenvalue weighted by molar-refractivity contribution is 7.89. The predicted molar refractivity (Wildman–Crippen MR) is 73.9 cm³/mol. The summed E-state index contributed by atoms with van der Waals surface area (Å²) in [6, 6.07) is 4.85. The van der Waals surface area contributed by atoms with E-state index in [1.165, 1.54) is 18.6 Å². The van der Waals surface area contributed by atoms with Crippen molar-refractivity contribution in [1.82, 2.24) is 9.71 Å². The fourth-order valence-electron chi connectivity index (χ4n) is 1.51. The molecule has 6 nitrogen and oxygen atoms in total. The third-order valence-corrected chi connectivity index (χ3v) is 4.95. The van der Waals surface area contributed by atoms with Gasteiger partial charge in [-0.25, -0.2) is 17.9 Å². The average Bonchev–Trinajstić information content (AvgIpc) is 2.96. The van der Waals surface area contributed by atoms with E-state index in [0.29, 0.717) is 0 Å². The third kappa shape index (κ3) is 3.21. The molecule has 0 aliphatic carbocycles. The van der Waals surface area contributed by atoms with Gasteiger partial charge >= 0.3 is 5.97 Å². The number of ether oxygens (including phenoxy) is 1. The van der Waals surface area contributed by atoms with Crippen LogP contribution in [-0.4, -0.2) is 26.5 Å². The SMILES string of the molecule is COC(=O)c1sccc1S(=O)(=O)NCc1cccnc1. The molecule has 0 saturated heterocycles. The monoisotopic (exact) mass is 312 g/mol. The van der Waals surface area contributed by atoms with Crippen LogP contribution >= 0.6 is 11.3 Å². The summed E-state index contributed by atoms with van der Waals surface area (Å²) in [6.45, 7) is 0.104. The first-order valence-corrected chi connectivity index (χ1v) is 7.95. The quantitative estimate of drug-likeness (QED) is 0.844. The number of carbonyl (C=O) groups is 1. The third-order valence-electron chi connectivity index (χ3n) is 2.48. The van der Waals surface area contributed by atoms with Crippen LogP contribution in [0.4, 0.5) is 0 Å². The molecule has 0 aliphatic heterocycles. The molecule has 0 radical (unpaired) electrons. The summed E-state index contributed by atoms with van der Waals surface area (Å²) < 4.78 is 31.3. The first-order valence-electron chi connectivity index (χ1n) is 5.59. The van der Waals surface area contributed by atoms with Crippen molar-refractivity contribution in [1.29, 1.82) is 0 Å². The molecule has 0 amide bonds. The second kappa shape index (κ2) is 6.12. The van der Waals surface area contributed by atoms with Crippen molar-refractivity contribution in [2.45, 2.75) is 11.4 Å². The van der Waals surface area contributed by atoms with Crippen LogP contribution in [0.3, 0.4) is 0 Å². The summed E-state index contributed by atoms with van der Waals surface area (Å²) in [5.41, 5.74) is 0.728. The first kappa shape index (κ1) is 14.6. The Morgan fingerprint density at radius 2 is 2.25 bits per heavy atom. The number of carbonyl (C=O) groups excluding carboxylic acids is 1. The zero-order valence-corrected chi connectivity index (χ0v) is 12.2. The van der Waals surface area contributed by atoms with Gasteiger partial charge < -0.3 is 4.74 Å². The Kier molecular flexibility index (Phi) is 4.48. The Balaban J connectivity index is 2.19. The molecule has 20 heavy (non-hydrogen) atoms. The maximum Gasteiger partial charge on any atom is 0.349 e. The lowest BCUT2D eigenvalue weighted by atomic mass is 10.3. The Labute approximate surface area is 120 Å². The number of rotatable bonds is 5. The van der Waals surface area contributed by atoms with Crippen molar-refractivity contribution in [2.24, 2.45) is 0 Å². The highest BCUT2D eigenvalue weighted by atomic mass is 32.2. The fourth-order valence-corrected chi connectivity index (χ4v) is 3.86. The lowest BCUT2D eigenvalue weighted by molar-refractivity contribution is 0.0602. The summed E-state index contributed by atoms with van der Waals surface area (Å²) >= 11 is 1.02. The molecule has 2 aromatic heterocycles. The van der Waals surface area contributed by atoms with Gasteiger partial charge in [-0.3, -0.25) is 4.98 Å². The van der Waals surface area contributed by atoms with E-state index in [1.54, 1.807) is 24.5 Å². The van der Waals surface area contributed by atoms with Crippen molar-refractivity contribution in [3.63, 3.8) is 0 Å². The molecule has 0 atom stereocenters. The van der Waals surface area contributed by atoms with Gasteiger partial charge in [0.15, 0.2) is 0 Å². The number of hydrogen-bond acceptors (Lipinski definition) is 6. The fraction of sp³-hybridized carbons (Fsp3) is 0.167. The Morgan fingerprint density at radius 1 is 1.45 bits per heavy atom. The van der Waals surface area contributed by atoms with Crippen molar-refractivity contribution in [3.8, 4) is 0 Å². The molecule has 2 heterocycles. The molecular formula is C12H12N2O4S2. The summed E-state index contributed by atoms with van der Waals surface area (Å²) in [5.74, 6) is -0.665. The second-order valence-corrected chi connectivity index (χ2v) is 6.44. The van der Waals surface area contributed by atoms with Crippen LogP contribution in [0.25, 0.3) is 0 Å². The maximum atomic E-state index is 12.2. The van der Waals surface area contributed by atoms with Gasteiger partial charge in [-0.2, -0.15) is 0 Å². The number of aromatic nitrogens is 1. The van der Waals surface area contributed by atoms with Gasteiger partial charge in [0.25, 0.3) is 0 Å². The number of esters is 1. The molecule has 0 aliphatic rings. The minimum atomic E-state index is -3.77. The number of thiophene rings is 1. The van der Waals surface area contributed by atoms with Gasteiger partial charge in [-0.05, 0) is 23.1 Å². The van der Waals surface area contributed by atoms with E-state index >= 15 is 0 Å². The number of hydrogen-bond donors (Lipinski definition) is 1. The average molecular weight is 312 g/mol. The molecule has 0 spiro atoms. The van der Waals surface area contributed by atoms with Gasteiger partial charge in [-0.15, -0.1) is 11.3 Å². The van der Waals surface area contributed by atoms with E-state index in [1.807, 2.05) is 0 Å². The van der Waals surface area contributed by atoms with Crippen LogP contribution in [0.1, 0.15) is 15.2 Å². The van der Waals surface area contributed by atoms with E-state index in [9.17, 15) is 13.2 Å². The van der Waals surface area contributed by atoms with Gasteiger partial charge in [-0.1, -0.05) is 6.07 Å². The van der Waals surface area contributed by atoms with E-state index in [2.05, 4.69) is 14.4 Å². The highest BCUT2D eigenvalue weighted by Gasteiger charge is 2.24. The molecule has 0 fully saturated rings. The molecule has 0 saturated carbocycles. The van der Waals surface area contributed by atoms with Crippen LogP contribution in [-0.2, 0) is 21.3 Å². The van der Waals surface area contributed by atoms with Crippen LogP contribution in [0.5, 0.6) is 0 Å². The zero-order chi connectivity index (χ0) is 14.6. The number of pyridine rings is 1. The smallest absolute Gasteiger partial charge is 0.349 e. The molecule has 0 unspecified atom stereocenters. The zero-order valence-electron chi connectivity index (χ0n) is 10.6. The second-order valence-electron chi connectivity index (χ2n) is 3.79. The van der Waals surface area contributed by atoms with E-state index in [-0.39, 0.29) is 16.3 Å². The number of nitrogens with zero attached hydrogens (tertiary/aromatic N) is 1. The van der Waals surface area contributed by atoms with Crippen LogP contribution in [0.15, 0.2) is 40.9 Å². The molecular weight excluding hydrogens is 300 g/mol. The lowest BCUT2D eigenvalue weighted by Crippen LogP contribution is -2.24. The van der Waals surface area contributed by atoms with Crippen molar-refractivity contribution in [2.75, 3.05) is 7.11 Å². The molecule has 1 N–H and O–H groups in total. The van der Waals surface area contributed by atoms with Gasteiger partial charge in [0.05, 0.1) is 7.11 Å². The van der Waals surface area contributed by atoms with Crippen molar-refractivity contribution in [3.05, 3.63) is 46.4 Å².